The molecule has 0 fully saturated rings. The van der Waals surface area contributed by atoms with Crippen LogP contribution in [0, 0.1) is 0 Å². The van der Waals surface area contributed by atoms with Crippen molar-refractivity contribution < 1.29 is 9.47 Å². The first-order valence-electron chi connectivity index (χ1n) is 9.61. The predicted octanol–water partition coefficient (Wildman–Crippen LogP) is 4.26. The maximum absolute atomic E-state index is 6.29. The van der Waals surface area contributed by atoms with Gasteiger partial charge in [0.1, 0.15) is 11.8 Å². The van der Waals surface area contributed by atoms with Gasteiger partial charge in [-0.2, -0.15) is 0 Å². The van der Waals surface area contributed by atoms with Gasteiger partial charge in [-0.1, -0.05) is 30.3 Å². The fourth-order valence-electron chi connectivity index (χ4n) is 4.16. The van der Waals surface area contributed by atoms with Gasteiger partial charge in [0.05, 0.1) is 11.3 Å². The highest BCUT2D eigenvalue weighted by molar-refractivity contribution is 6.16. The SMILES string of the molecule is CC(N)Oc1cc2c(c3c1OC(C)(C)C3)C(c1ccccc1)=NC(C)(C)C2. The van der Waals surface area contributed by atoms with Crippen LogP contribution in [0.1, 0.15) is 56.9 Å². The fraction of sp³-hybridized carbons (Fsp3) is 0.435. The number of rotatable bonds is 3. The third kappa shape index (κ3) is 3.34. The lowest BCUT2D eigenvalue weighted by atomic mass is 9.81. The third-order valence-corrected chi connectivity index (χ3v) is 5.04. The monoisotopic (exact) mass is 364 g/mol. The van der Waals surface area contributed by atoms with Crippen LogP contribution in [-0.2, 0) is 12.8 Å². The predicted molar refractivity (Wildman–Crippen MR) is 109 cm³/mol. The quantitative estimate of drug-likeness (QED) is 0.828. The van der Waals surface area contributed by atoms with Crippen LogP contribution >= 0.6 is 0 Å². The topological polar surface area (TPSA) is 56.8 Å². The minimum Gasteiger partial charge on any atom is -0.483 e. The van der Waals surface area contributed by atoms with Crippen molar-refractivity contribution in [2.45, 2.75) is 64.8 Å². The van der Waals surface area contributed by atoms with E-state index in [-0.39, 0.29) is 11.1 Å². The molecule has 1 unspecified atom stereocenters. The summed E-state index contributed by atoms with van der Waals surface area (Å²) in [5.41, 5.74) is 11.3. The second kappa shape index (κ2) is 6.10. The number of hydrogen-bond acceptors (Lipinski definition) is 4. The van der Waals surface area contributed by atoms with Gasteiger partial charge in [-0.3, -0.25) is 10.7 Å². The summed E-state index contributed by atoms with van der Waals surface area (Å²) in [4.78, 5) is 5.14. The number of aliphatic imine (C=N–C) groups is 1. The maximum Gasteiger partial charge on any atom is 0.166 e. The molecule has 0 saturated heterocycles. The molecule has 2 aliphatic heterocycles. The Morgan fingerprint density at radius 2 is 1.81 bits per heavy atom. The first kappa shape index (κ1) is 18.1. The number of benzene rings is 2. The molecule has 2 N–H and O–H groups in total. The van der Waals surface area contributed by atoms with E-state index in [0.29, 0.717) is 0 Å². The fourth-order valence-corrected chi connectivity index (χ4v) is 4.16. The molecule has 0 spiro atoms. The Morgan fingerprint density at radius 1 is 1.11 bits per heavy atom. The van der Waals surface area contributed by atoms with E-state index in [0.717, 1.165) is 35.6 Å². The van der Waals surface area contributed by atoms with Crippen LogP contribution in [0.5, 0.6) is 11.5 Å². The van der Waals surface area contributed by atoms with E-state index in [1.54, 1.807) is 0 Å². The average molecular weight is 364 g/mol. The largest absolute Gasteiger partial charge is 0.483 e. The van der Waals surface area contributed by atoms with Gasteiger partial charge in [0, 0.05) is 23.1 Å². The number of fused-ring (bicyclic) bond motifs is 3. The van der Waals surface area contributed by atoms with Crippen molar-refractivity contribution in [1.29, 1.82) is 0 Å². The van der Waals surface area contributed by atoms with Crippen molar-refractivity contribution in [1.82, 2.24) is 0 Å². The zero-order valence-electron chi connectivity index (χ0n) is 16.8. The molecule has 27 heavy (non-hydrogen) atoms. The van der Waals surface area contributed by atoms with Crippen LogP contribution in [0.3, 0.4) is 0 Å². The molecule has 4 heteroatoms. The van der Waals surface area contributed by atoms with Crippen LogP contribution < -0.4 is 15.2 Å². The van der Waals surface area contributed by atoms with Crippen LogP contribution in [0.4, 0.5) is 0 Å². The Labute approximate surface area is 161 Å². The molecule has 0 aliphatic carbocycles. The van der Waals surface area contributed by atoms with Gasteiger partial charge >= 0.3 is 0 Å². The Balaban J connectivity index is 1.97. The van der Waals surface area contributed by atoms with Gasteiger partial charge in [0.2, 0.25) is 0 Å². The molecule has 1 atom stereocenters. The minimum atomic E-state index is -0.390. The summed E-state index contributed by atoms with van der Waals surface area (Å²) in [7, 11) is 0. The van der Waals surface area contributed by atoms with Crippen molar-refractivity contribution in [3.63, 3.8) is 0 Å². The minimum absolute atomic E-state index is 0.174. The Hall–Kier alpha value is -2.33. The Bertz CT molecular complexity index is 912. The summed E-state index contributed by atoms with van der Waals surface area (Å²) in [5.74, 6) is 1.56. The number of hydrogen-bond donors (Lipinski definition) is 1. The molecule has 0 bridgehead atoms. The zero-order chi connectivity index (χ0) is 19.4. The van der Waals surface area contributed by atoms with Gasteiger partial charge in [-0.05, 0) is 52.7 Å². The van der Waals surface area contributed by atoms with Crippen molar-refractivity contribution >= 4 is 5.71 Å². The van der Waals surface area contributed by atoms with Crippen molar-refractivity contribution in [2.24, 2.45) is 10.7 Å². The van der Waals surface area contributed by atoms with Gasteiger partial charge in [-0.25, -0.2) is 0 Å². The molecule has 0 saturated carbocycles. The second-order valence-corrected chi connectivity index (χ2v) is 8.89. The van der Waals surface area contributed by atoms with E-state index in [4.69, 9.17) is 20.2 Å². The van der Waals surface area contributed by atoms with Gasteiger partial charge < -0.3 is 9.47 Å². The van der Waals surface area contributed by atoms with E-state index in [2.05, 4.69) is 58.0 Å². The second-order valence-electron chi connectivity index (χ2n) is 8.89. The molecular formula is C23H28N2O2. The standard InChI is InChI=1S/C23H28N2O2/c1-14(24)26-18-11-16-12-22(2,3)25-20(15-9-7-6-8-10-15)19(16)17-13-23(4,5)27-21(17)18/h6-11,14H,12-13,24H2,1-5H3. The molecule has 2 aromatic carbocycles. The smallest absolute Gasteiger partial charge is 0.166 e. The highest BCUT2D eigenvalue weighted by Crippen LogP contribution is 2.48. The Morgan fingerprint density at radius 3 is 2.48 bits per heavy atom. The molecular weight excluding hydrogens is 336 g/mol. The maximum atomic E-state index is 6.29. The van der Waals surface area contributed by atoms with Gasteiger partial charge in [-0.15, -0.1) is 0 Å². The summed E-state index contributed by atoms with van der Waals surface area (Å²) in [6.45, 7) is 10.4. The van der Waals surface area contributed by atoms with Gasteiger partial charge in [0.25, 0.3) is 0 Å². The van der Waals surface area contributed by atoms with E-state index < -0.39 is 6.23 Å². The number of nitrogens with two attached hydrogens (primary N) is 1. The van der Waals surface area contributed by atoms with Crippen LogP contribution in [0.25, 0.3) is 0 Å². The van der Waals surface area contributed by atoms with Crippen LogP contribution in [0.15, 0.2) is 41.4 Å². The van der Waals surface area contributed by atoms with Crippen LogP contribution in [0.2, 0.25) is 0 Å². The molecule has 4 rings (SSSR count). The molecule has 2 heterocycles. The van der Waals surface area contributed by atoms with Crippen LogP contribution in [-0.4, -0.2) is 23.1 Å². The van der Waals surface area contributed by atoms with Crippen molar-refractivity contribution in [3.8, 4) is 11.5 Å². The number of ether oxygens (including phenoxy) is 2. The summed E-state index contributed by atoms with van der Waals surface area (Å²) in [6.07, 6.45) is 1.30. The summed E-state index contributed by atoms with van der Waals surface area (Å²) >= 11 is 0. The molecule has 0 radical (unpaired) electrons. The lowest BCUT2D eigenvalue weighted by Gasteiger charge is -2.31. The van der Waals surface area contributed by atoms with Crippen molar-refractivity contribution in [3.05, 3.63) is 58.7 Å². The Kier molecular flexibility index (Phi) is 4.08. The van der Waals surface area contributed by atoms with E-state index in [1.807, 2.05) is 13.0 Å². The summed E-state index contributed by atoms with van der Waals surface area (Å²) < 4.78 is 12.2. The molecule has 0 amide bonds. The average Bonchev–Trinajstić information content (AvgIpc) is 2.89. The van der Waals surface area contributed by atoms with Gasteiger partial charge in [0.15, 0.2) is 11.5 Å². The molecule has 2 aliphatic rings. The summed E-state index contributed by atoms with van der Waals surface area (Å²) in [6, 6.07) is 12.5. The first-order valence-corrected chi connectivity index (χ1v) is 9.61. The highest BCUT2D eigenvalue weighted by Gasteiger charge is 2.39. The van der Waals surface area contributed by atoms with E-state index in [1.165, 1.54) is 16.7 Å². The first-order chi connectivity index (χ1) is 12.7. The molecule has 4 nitrogen and oxygen atoms in total. The molecule has 142 valence electrons. The normalized spacial score (nSPS) is 20.1. The lowest BCUT2D eigenvalue weighted by molar-refractivity contribution is 0.127. The van der Waals surface area contributed by atoms with E-state index >= 15 is 0 Å². The molecule has 2 aromatic rings. The van der Waals surface area contributed by atoms with Crippen molar-refractivity contribution in [2.75, 3.05) is 0 Å². The lowest BCUT2D eigenvalue weighted by Crippen LogP contribution is -2.31. The number of nitrogens with zero attached hydrogens (tertiary/aromatic N) is 1. The summed E-state index contributed by atoms with van der Waals surface area (Å²) in [5, 5.41) is 0. The third-order valence-electron chi connectivity index (χ3n) is 5.04. The molecule has 0 aromatic heterocycles. The van der Waals surface area contributed by atoms with E-state index in [9.17, 15) is 0 Å². The zero-order valence-corrected chi connectivity index (χ0v) is 16.8. The highest BCUT2D eigenvalue weighted by atomic mass is 16.5.